The Bertz CT molecular complexity index is 576. The summed E-state index contributed by atoms with van der Waals surface area (Å²) in [4.78, 5) is 24.2. The predicted octanol–water partition coefficient (Wildman–Crippen LogP) is 4.33. The Morgan fingerprint density at radius 3 is 1.43 bits per heavy atom. The lowest BCUT2D eigenvalue weighted by atomic mass is 10.1. The van der Waals surface area contributed by atoms with Gasteiger partial charge in [0.15, 0.2) is 0 Å². The van der Waals surface area contributed by atoms with Crippen molar-refractivity contribution in [2.24, 2.45) is 0 Å². The molecule has 0 atom stereocenters. The average Bonchev–Trinajstić information content (AvgIpc) is 2.95. The van der Waals surface area contributed by atoms with E-state index >= 15 is 0 Å². The molecule has 0 aromatic carbocycles. The first-order valence-electron chi connectivity index (χ1n) is 15.9. The SMILES string of the molecule is CCO[Si](CCCCC(=O)CCCOCCOCCNC(=O)NCCC[Si](OCC)(OCC)OCC)(OCC)OCC. The first-order chi connectivity index (χ1) is 20.4. The molecule has 0 saturated heterocycles. The molecule has 0 saturated carbocycles. The normalized spacial score (nSPS) is 12.0. The second-order valence-electron chi connectivity index (χ2n) is 9.32. The molecule has 0 aromatic heterocycles. The van der Waals surface area contributed by atoms with E-state index in [2.05, 4.69) is 10.6 Å². The molecule has 12 nitrogen and oxygen atoms in total. The summed E-state index contributed by atoms with van der Waals surface area (Å²) < 4.78 is 46.1. The number of urea groups is 1. The lowest BCUT2D eigenvalue weighted by Gasteiger charge is -2.28. The molecule has 2 N–H and O–H groups in total. The number of ketones is 1. The van der Waals surface area contributed by atoms with Gasteiger partial charge in [-0.1, -0.05) is 0 Å². The monoisotopic (exact) mass is 640 g/mol. The van der Waals surface area contributed by atoms with Crippen LogP contribution in [0.15, 0.2) is 0 Å². The summed E-state index contributed by atoms with van der Waals surface area (Å²) in [6.07, 6.45) is 4.12. The maximum atomic E-state index is 12.2. The molecule has 0 radical (unpaired) electrons. The van der Waals surface area contributed by atoms with Crippen LogP contribution in [0.25, 0.3) is 0 Å². The molecule has 0 spiro atoms. The standard InChI is InChI=1S/C28H60N2O10Si2/c1-7-35-41(36-8-2,37-9-3)25-14-13-17-27(31)18-15-21-33-23-24-34-22-20-30-28(32)29-19-16-26-42(38-10-4,39-11-5)40-12-6/h7-26H2,1-6H3,(H2,29,30,32). The number of unbranched alkanes of at least 4 members (excludes halogenated alkanes) is 1. The molecule has 250 valence electrons. The van der Waals surface area contributed by atoms with Gasteiger partial charge in [-0.05, 0) is 67.2 Å². The number of nitrogens with one attached hydrogen (secondary N) is 2. The quantitative estimate of drug-likeness (QED) is 0.0834. The molecule has 0 unspecified atom stereocenters. The van der Waals surface area contributed by atoms with E-state index in [-0.39, 0.29) is 11.8 Å². The Labute approximate surface area is 256 Å². The Morgan fingerprint density at radius 1 is 0.500 bits per heavy atom. The Hall–Kier alpha value is -0.946. The highest BCUT2D eigenvalue weighted by molar-refractivity contribution is 6.61. The number of hydrogen-bond acceptors (Lipinski definition) is 10. The summed E-state index contributed by atoms with van der Waals surface area (Å²) in [5, 5.41) is 5.61. The number of rotatable bonds is 31. The van der Waals surface area contributed by atoms with Gasteiger partial charge in [-0.25, -0.2) is 4.79 Å². The average molecular weight is 641 g/mol. The van der Waals surface area contributed by atoms with Gasteiger partial charge in [-0.15, -0.1) is 0 Å². The Balaban J connectivity index is 3.78. The van der Waals surface area contributed by atoms with E-state index < -0.39 is 17.6 Å². The molecule has 14 heteroatoms. The van der Waals surface area contributed by atoms with Gasteiger partial charge >= 0.3 is 23.6 Å². The van der Waals surface area contributed by atoms with Crippen LogP contribution in [0.2, 0.25) is 12.1 Å². The largest absolute Gasteiger partial charge is 0.500 e. The maximum absolute atomic E-state index is 12.2. The fourth-order valence-corrected chi connectivity index (χ4v) is 9.59. The first-order valence-corrected chi connectivity index (χ1v) is 19.7. The van der Waals surface area contributed by atoms with E-state index in [0.29, 0.717) is 111 Å². The molecule has 0 aromatic rings. The van der Waals surface area contributed by atoms with Crippen LogP contribution in [0, 0.1) is 0 Å². The molecule has 42 heavy (non-hydrogen) atoms. The molecule has 0 aliphatic heterocycles. The highest BCUT2D eigenvalue weighted by atomic mass is 28.4. The molecule has 0 fully saturated rings. The Kier molecular flexibility index (Phi) is 27.0. The number of Topliss-reactive ketones (excluding diaryl/α,β-unsaturated/α-hetero) is 1. The molecule has 0 aliphatic carbocycles. The van der Waals surface area contributed by atoms with Crippen LogP contribution in [0.1, 0.15) is 80.1 Å². The second kappa shape index (κ2) is 27.6. The lowest BCUT2D eigenvalue weighted by molar-refractivity contribution is -0.119. The van der Waals surface area contributed by atoms with Crippen molar-refractivity contribution >= 4 is 29.4 Å². The Morgan fingerprint density at radius 2 is 0.929 bits per heavy atom. The van der Waals surface area contributed by atoms with Gasteiger partial charge in [0.1, 0.15) is 5.78 Å². The van der Waals surface area contributed by atoms with E-state index in [0.717, 1.165) is 18.9 Å². The van der Waals surface area contributed by atoms with Crippen molar-refractivity contribution in [3.05, 3.63) is 0 Å². The van der Waals surface area contributed by atoms with E-state index in [1.807, 2.05) is 41.5 Å². The van der Waals surface area contributed by atoms with Crippen LogP contribution in [0.5, 0.6) is 0 Å². The minimum Gasteiger partial charge on any atom is -0.379 e. The third kappa shape index (κ3) is 20.9. The minimum absolute atomic E-state index is 0.240. The summed E-state index contributed by atoms with van der Waals surface area (Å²) in [5.41, 5.74) is 0. The highest BCUT2D eigenvalue weighted by Crippen LogP contribution is 2.20. The molecular formula is C28H60N2O10Si2. The van der Waals surface area contributed by atoms with Gasteiger partial charge in [0.25, 0.3) is 0 Å². The molecule has 2 amide bonds. The summed E-state index contributed by atoms with van der Waals surface area (Å²) in [6, 6.07) is 1.15. The van der Waals surface area contributed by atoms with Crippen LogP contribution in [0.3, 0.4) is 0 Å². The summed E-state index contributed by atoms with van der Waals surface area (Å²) in [7, 11) is -5.30. The van der Waals surface area contributed by atoms with Crippen molar-refractivity contribution in [3.8, 4) is 0 Å². The topological polar surface area (TPSA) is 132 Å². The molecule has 0 heterocycles. The van der Waals surface area contributed by atoms with Crippen molar-refractivity contribution in [2.45, 2.75) is 92.2 Å². The number of amides is 2. The van der Waals surface area contributed by atoms with Gasteiger partial charge in [0.05, 0.1) is 19.8 Å². The van der Waals surface area contributed by atoms with Crippen molar-refractivity contribution in [1.29, 1.82) is 0 Å². The summed E-state index contributed by atoms with van der Waals surface area (Å²) in [6.45, 7) is 17.6. The number of hydrogen-bond donors (Lipinski definition) is 2. The summed E-state index contributed by atoms with van der Waals surface area (Å²) in [5.74, 6) is 0.245. The van der Waals surface area contributed by atoms with Crippen molar-refractivity contribution in [3.63, 3.8) is 0 Å². The lowest BCUT2D eigenvalue weighted by Crippen LogP contribution is -2.46. The zero-order valence-corrected chi connectivity index (χ0v) is 29.2. The molecule has 0 aliphatic rings. The predicted molar refractivity (Wildman–Crippen MR) is 167 cm³/mol. The fourth-order valence-electron chi connectivity index (χ4n) is 4.29. The number of ether oxygens (including phenoxy) is 2. The van der Waals surface area contributed by atoms with Crippen LogP contribution >= 0.6 is 0 Å². The molecular weight excluding hydrogens is 580 g/mol. The van der Waals surface area contributed by atoms with Crippen molar-refractivity contribution < 1.29 is 45.6 Å². The van der Waals surface area contributed by atoms with E-state index in [1.165, 1.54) is 0 Å². The van der Waals surface area contributed by atoms with Gasteiger partial charge in [-0.2, -0.15) is 0 Å². The van der Waals surface area contributed by atoms with Crippen LogP contribution < -0.4 is 10.6 Å². The molecule has 0 rings (SSSR count). The number of carbonyl (C=O) groups excluding carboxylic acids is 2. The first kappa shape index (κ1) is 41.1. The van der Waals surface area contributed by atoms with Gasteiger partial charge < -0.3 is 46.7 Å². The maximum Gasteiger partial charge on any atom is 0.500 e. The second-order valence-corrected chi connectivity index (χ2v) is 14.8. The minimum atomic E-state index is -2.68. The third-order valence-electron chi connectivity index (χ3n) is 5.97. The van der Waals surface area contributed by atoms with Gasteiger partial charge in [-0.3, -0.25) is 4.79 Å². The van der Waals surface area contributed by atoms with Gasteiger partial charge in [0, 0.05) is 84.3 Å². The molecule has 0 bridgehead atoms. The van der Waals surface area contributed by atoms with Crippen molar-refractivity contribution in [1.82, 2.24) is 10.6 Å². The van der Waals surface area contributed by atoms with Crippen LogP contribution in [0.4, 0.5) is 4.79 Å². The van der Waals surface area contributed by atoms with E-state index in [1.54, 1.807) is 0 Å². The van der Waals surface area contributed by atoms with Gasteiger partial charge in [0.2, 0.25) is 0 Å². The number of carbonyl (C=O) groups is 2. The van der Waals surface area contributed by atoms with Crippen LogP contribution in [-0.2, 0) is 40.8 Å². The summed E-state index contributed by atoms with van der Waals surface area (Å²) >= 11 is 0. The van der Waals surface area contributed by atoms with E-state index in [9.17, 15) is 9.59 Å². The zero-order chi connectivity index (χ0) is 31.4. The van der Waals surface area contributed by atoms with E-state index in [4.69, 9.17) is 36.0 Å². The van der Waals surface area contributed by atoms with Crippen molar-refractivity contribution in [2.75, 3.05) is 79.2 Å². The third-order valence-corrected chi connectivity index (χ3v) is 12.3. The van der Waals surface area contributed by atoms with Crippen LogP contribution in [-0.4, -0.2) is 109 Å². The fraction of sp³-hybridized carbons (Fsp3) is 0.929. The zero-order valence-electron chi connectivity index (χ0n) is 27.2. The smallest absolute Gasteiger partial charge is 0.379 e. The highest BCUT2D eigenvalue weighted by Gasteiger charge is 2.40.